The highest BCUT2D eigenvalue weighted by Crippen LogP contribution is 2.25. The third kappa shape index (κ3) is 4.95. The SMILES string of the molecule is CNC(=O)c1cc(S(=O)(=O)NCC2(N)CCCCCC2)cn1C.Cl. The first-order valence-electron chi connectivity index (χ1n) is 7.94. The van der Waals surface area contributed by atoms with Crippen LogP contribution in [-0.2, 0) is 17.1 Å². The Kier molecular flexibility index (Phi) is 7.27. The molecule has 7 nitrogen and oxygen atoms in total. The molecule has 0 atom stereocenters. The van der Waals surface area contributed by atoms with Crippen molar-refractivity contribution in [1.82, 2.24) is 14.6 Å². The van der Waals surface area contributed by atoms with Crippen LogP contribution < -0.4 is 15.8 Å². The Morgan fingerprint density at radius 1 is 1.29 bits per heavy atom. The molecule has 0 bridgehead atoms. The summed E-state index contributed by atoms with van der Waals surface area (Å²) in [5, 5.41) is 2.49. The van der Waals surface area contributed by atoms with E-state index in [-0.39, 0.29) is 29.8 Å². The summed E-state index contributed by atoms with van der Waals surface area (Å²) in [7, 11) is -0.540. The summed E-state index contributed by atoms with van der Waals surface area (Å²) in [6, 6.07) is 1.37. The van der Waals surface area contributed by atoms with Gasteiger partial charge in [-0.05, 0) is 18.9 Å². The average molecular weight is 379 g/mol. The minimum Gasteiger partial charge on any atom is -0.354 e. The topological polar surface area (TPSA) is 106 Å². The van der Waals surface area contributed by atoms with Gasteiger partial charge < -0.3 is 15.6 Å². The smallest absolute Gasteiger partial charge is 0.267 e. The summed E-state index contributed by atoms with van der Waals surface area (Å²) in [5.41, 5.74) is 6.16. The van der Waals surface area contributed by atoms with Gasteiger partial charge in [0.15, 0.2) is 0 Å². The van der Waals surface area contributed by atoms with Gasteiger partial charge in [0, 0.05) is 32.4 Å². The lowest BCUT2D eigenvalue weighted by molar-refractivity contribution is 0.0955. The van der Waals surface area contributed by atoms with Gasteiger partial charge in [0.05, 0.1) is 0 Å². The molecule has 0 radical (unpaired) electrons. The van der Waals surface area contributed by atoms with Gasteiger partial charge >= 0.3 is 0 Å². The van der Waals surface area contributed by atoms with Crippen molar-refractivity contribution in [1.29, 1.82) is 0 Å². The van der Waals surface area contributed by atoms with Crippen LogP contribution >= 0.6 is 12.4 Å². The molecule has 2 rings (SSSR count). The number of nitrogens with one attached hydrogen (secondary N) is 2. The summed E-state index contributed by atoms with van der Waals surface area (Å²) in [5.74, 6) is -0.326. The van der Waals surface area contributed by atoms with Gasteiger partial charge in [-0.2, -0.15) is 0 Å². The second-order valence-electron chi connectivity index (χ2n) is 6.35. The van der Waals surface area contributed by atoms with Gasteiger partial charge in [-0.1, -0.05) is 25.7 Å². The van der Waals surface area contributed by atoms with Crippen molar-refractivity contribution in [3.05, 3.63) is 18.0 Å². The first kappa shape index (κ1) is 21.0. The molecule has 0 saturated heterocycles. The fraction of sp³-hybridized carbons (Fsp3) is 0.667. The van der Waals surface area contributed by atoms with Crippen LogP contribution in [-0.4, -0.2) is 38.0 Å². The normalized spacial score (nSPS) is 17.6. The molecule has 1 heterocycles. The number of nitrogens with zero attached hydrogens (tertiary/aromatic N) is 1. The second-order valence-corrected chi connectivity index (χ2v) is 8.12. The monoisotopic (exact) mass is 378 g/mol. The first-order chi connectivity index (χ1) is 10.8. The van der Waals surface area contributed by atoms with Crippen molar-refractivity contribution in [3.8, 4) is 0 Å². The summed E-state index contributed by atoms with van der Waals surface area (Å²) in [4.78, 5) is 11.8. The largest absolute Gasteiger partial charge is 0.354 e. The molecule has 1 aromatic heterocycles. The molecular weight excluding hydrogens is 352 g/mol. The highest BCUT2D eigenvalue weighted by molar-refractivity contribution is 7.89. The molecule has 1 aromatic rings. The van der Waals surface area contributed by atoms with E-state index in [1.165, 1.54) is 23.9 Å². The number of aromatic nitrogens is 1. The highest BCUT2D eigenvalue weighted by Gasteiger charge is 2.29. The average Bonchev–Trinajstić information content (AvgIpc) is 2.78. The zero-order valence-corrected chi connectivity index (χ0v) is 15.8. The molecule has 138 valence electrons. The Hall–Kier alpha value is -1.09. The van der Waals surface area contributed by atoms with E-state index in [4.69, 9.17) is 5.73 Å². The summed E-state index contributed by atoms with van der Waals surface area (Å²) >= 11 is 0. The molecule has 1 fully saturated rings. The fourth-order valence-electron chi connectivity index (χ4n) is 2.97. The van der Waals surface area contributed by atoms with Crippen LogP contribution in [0.25, 0.3) is 0 Å². The van der Waals surface area contributed by atoms with Gasteiger partial charge in [-0.3, -0.25) is 4.79 Å². The Morgan fingerprint density at radius 2 is 1.88 bits per heavy atom. The maximum absolute atomic E-state index is 12.5. The zero-order chi connectivity index (χ0) is 17.1. The van der Waals surface area contributed by atoms with Gasteiger partial charge in [-0.25, -0.2) is 13.1 Å². The van der Waals surface area contributed by atoms with Crippen LogP contribution in [0.1, 0.15) is 49.0 Å². The van der Waals surface area contributed by atoms with E-state index in [2.05, 4.69) is 10.0 Å². The zero-order valence-electron chi connectivity index (χ0n) is 14.2. The maximum atomic E-state index is 12.5. The van der Waals surface area contributed by atoms with E-state index in [1.54, 1.807) is 7.05 Å². The van der Waals surface area contributed by atoms with Crippen molar-refractivity contribution in [2.45, 2.75) is 49.0 Å². The number of sulfonamides is 1. The van der Waals surface area contributed by atoms with E-state index in [9.17, 15) is 13.2 Å². The van der Waals surface area contributed by atoms with E-state index >= 15 is 0 Å². The van der Waals surface area contributed by atoms with Crippen LogP contribution in [0.4, 0.5) is 0 Å². The molecule has 24 heavy (non-hydrogen) atoms. The first-order valence-corrected chi connectivity index (χ1v) is 9.43. The van der Waals surface area contributed by atoms with Crippen molar-refractivity contribution >= 4 is 28.3 Å². The van der Waals surface area contributed by atoms with Crippen molar-refractivity contribution in [2.75, 3.05) is 13.6 Å². The highest BCUT2D eigenvalue weighted by atomic mass is 35.5. The lowest BCUT2D eigenvalue weighted by Gasteiger charge is -2.28. The molecule has 0 aromatic carbocycles. The Bertz CT molecular complexity index is 664. The molecular formula is C15H27ClN4O3S. The van der Waals surface area contributed by atoms with Gasteiger partial charge in [0.25, 0.3) is 5.91 Å². The van der Waals surface area contributed by atoms with Crippen LogP contribution in [0.5, 0.6) is 0 Å². The van der Waals surface area contributed by atoms with Gasteiger partial charge in [0.1, 0.15) is 10.6 Å². The number of carbonyl (C=O) groups excluding carboxylic acids is 1. The van der Waals surface area contributed by atoms with E-state index in [1.807, 2.05) is 0 Å². The number of aryl methyl sites for hydroxylation is 1. The predicted molar refractivity (Wildman–Crippen MR) is 95.9 cm³/mol. The van der Waals surface area contributed by atoms with Crippen molar-refractivity contribution in [3.63, 3.8) is 0 Å². The predicted octanol–water partition coefficient (Wildman–Crippen LogP) is 1.14. The lowest BCUT2D eigenvalue weighted by Crippen LogP contribution is -2.49. The Balaban J connectivity index is 0.00000288. The second kappa shape index (κ2) is 8.33. The Morgan fingerprint density at radius 3 is 2.42 bits per heavy atom. The summed E-state index contributed by atoms with van der Waals surface area (Å²) in [6.07, 6.45) is 7.46. The molecule has 9 heteroatoms. The lowest BCUT2D eigenvalue weighted by atomic mass is 9.92. The Labute approximate surface area is 149 Å². The van der Waals surface area contributed by atoms with Crippen LogP contribution in [0.15, 0.2) is 17.2 Å². The summed E-state index contributed by atoms with van der Waals surface area (Å²) in [6.45, 7) is 0.222. The van der Waals surface area contributed by atoms with Crippen LogP contribution in [0, 0.1) is 0 Å². The number of rotatable bonds is 5. The van der Waals surface area contributed by atoms with Crippen molar-refractivity contribution < 1.29 is 13.2 Å². The molecule has 1 saturated carbocycles. The summed E-state index contributed by atoms with van der Waals surface area (Å²) < 4.78 is 29.0. The molecule has 0 unspecified atom stereocenters. The molecule has 0 aliphatic heterocycles. The number of nitrogens with two attached hydrogens (primary N) is 1. The van der Waals surface area contributed by atoms with Crippen LogP contribution in [0.3, 0.4) is 0 Å². The molecule has 1 aliphatic carbocycles. The number of halogens is 1. The number of hydrogen-bond acceptors (Lipinski definition) is 4. The quantitative estimate of drug-likeness (QED) is 0.668. The van der Waals surface area contributed by atoms with E-state index in [0.29, 0.717) is 5.69 Å². The third-order valence-corrected chi connectivity index (χ3v) is 5.83. The van der Waals surface area contributed by atoms with Crippen molar-refractivity contribution in [2.24, 2.45) is 12.8 Å². The fourth-order valence-corrected chi connectivity index (χ4v) is 4.17. The molecule has 4 N–H and O–H groups in total. The number of amides is 1. The maximum Gasteiger partial charge on any atom is 0.267 e. The van der Waals surface area contributed by atoms with E-state index in [0.717, 1.165) is 38.5 Å². The standard InChI is InChI=1S/C15H26N4O3S.ClH/c1-17-14(20)13-9-12(10-19(13)2)23(21,22)18-11-15(16)7-5-3-4-6-8-15;/h9-10,18H,3-8,11,16H2,1-2H3,(H,17,20);1H. The van der Waals surface area contributed by atoms with Crippen LogP contribution in [0.2, 0.25) is 0 Å². The van der Waals surface area contributed by atoms with E-state index < -0.39 is 15.6 Å². The number of carbonyl (C=O) groups is 1. The minimum atomic E-state index is -3.68. The minimum absolute atomic E-state index is 0. The molecule has 0 spiro atoms. The number of hydrogen-bond donors (Lipinski definition) is 3. The van der Waals surface area contributed by atoms with Gasteiger partial charge in [-0.15, -0.1) is 12.4 Å². The molecule has 1 aliphatic rings. The van der Waals surface area contributed by atoms with Gasteiger partial charge in [0.2, 0.25) is 10.0 Å². The molecule has 1 amide bonds. The third-order valence-electron chi connectivity index (χ3n) is 4.46.